The summed E-state index contributed by atoms with van der Waals surface area (Å²) in [5.41, 5.74) is 5.48. The molecule has 0 aromatic rings. The molecule has 1 rings (SSSR count). The van der Waals surface area contributed by atoms with Crippen molar-refractivity contribution in [1.82, 2.24) is 5.32 Å². The molecule has 1 aliphatic rings. The maximum atomic E-state index is 5.48. The Bertz CT molecular complexity index is 66.1. The van der Waals surface area contributed by atoms with Crippen LogP contribution >= 0.6 is 0 Å². The lowest BCUT2D eigenvalue weighted by Gasteiger charge is -2.20. The van der Waals surface area contributed by atoms with E-state index in [1.807, 2.05) is 13.8 Å². The minimum atomic E-state index is 0. The number of nitrogens with one attached hydrogen (secondary N) is 1. The quantitative estimate of drug-likeness (QED) is 0.591. The van der Waals surface area contributed by atoms with Crippen LogP contribution in [0.3, 0.4) is 0 Å². The second kappa shape index (κ2) is 7.03. The summed E-state index contributed by atoms with van der Waals surface area (Å²) in [6, 6.07) is 0. The van der Waals surface area contributed by atoms with Crippen molar-refractivity contribution in [3.05, 3.63) is 0 Å². The monoisotopic (exact) mass is 148 g/mol. The van der Waals surface area contributed by atoms with Gasteiger partial charge in [0.15, 0.2) is 0 Å². The van der Waals surface area contributed by atoms with E-state index in [4.69, 9.17) is 5.73 Å². The predicted octanol–water partition coefficient (Wildman–Crippen LogP) is 1.46. The standard InChI is InChI=1S/C6H14N2.C2H6.2H2/c7-5-6-1-3-8-4-2-6;1-2;;/h6,8H,1-5,7H2;1-2H3;2*1H. The molecule has 1 fully saturated rings. The molecular weight excluding hydrogens is 124 g/mol. The highest BCUT2D eigenvalue weighted by Crippen LogP contribution is 2.07. The summed E-state index contributed by atoms with van der Waals surface area (Å²) in [5.74, 6) is 0.802. The van der Waals surface area contributed by atoms with Crippen molar-refractivity contribution in [1.29, 1.82) is 0 Å². The third-order valence-electron chi connectivity index (χ3n) is 1.79. The molecule has 1 heterocycles. The predicted molar refractivity (Wildman–Crippen MR) is 50.2 cm³/mol. The fourth-order valence-corrected chi connectivity index (χ4v) is 1.12. The molecule has 0 amide bonds. The van der Waals surface area contributed by atoms with Gasteiger partial charge in [0.05, 0.1) is 0 Å². The summed E-state index contributed by atoms with van der Waals surface area (Å²) < 4.78 is 0. The molecule has 0 unspecified atom stereocenters. The average molecular weight is 148 g/mol. The summed E-state index contributed by atoms with van der Waals surface area (Å²) in [6.07, 6.45) is 2.55. The van der Waals surface area contributed by atoms with E-state index in [0.29, 0.717) is 0 Å². The van der Waals surface area contributed by atoms with Crippen molar-refractivity contribution in [2.75, 3.05) is 19.6 Å². The van der Waals surface area contributed by atoms with Gasteiger partial charge in [0.1, 0.15) is 0 Å². The maximum Gasteiger partial charge on any atom is 0 e. The van der Waals surface area contributed by atoms with E-state index < -0.39 is 0 Å². The lowest BCUT2D eigenvalue weighted by Crippen LogP contribution is -2.31. The van der Waals surface area contributed by atoms with Crippen LogP contribution in [0.4, 0.5) is 0 Å². The number of piperidine rings is 1. The molecule has 0 aromatic heterocycles. The summed E-state index contributed by atoms with van der Waals surface area (Å²) in [5, 5.41) is 3.29. The second-order valence-electron chi connectivity index (χ2n) is 2.43. The van der Waals surface area contributed by atoms with E-state index in [0.717, 1.165) is 12.5 Å². The molecule has 3 N–H and O–H groups in total. The first-order valence-electron chi connectivity index (χ1n) is 4.34. The van der Waals surface area contributed by atoms with Gasteiger partial charge in [-0.05, 0) is 38.4 Å². The highest BCUT2D eigenvalue weighted by molar-refractivity contribution is 4.67. The summed E-state index contributed by atoms with van der Waals surface area (Å²) in [4.78, 5) is 0. The topological polar surface area (TPSA) is 38.0 Å². The van der Waals surface area contributed by atoms with Crippen LogP contribution < -0.4 is 11.1 Å². The number of nitrogens with two attached hydrogens (primary N) is 1. The van der Waals surface area contributed by atoms with Gasteiger partial charge in [-0.2, -0.15) is 0 Å². The lowest BCUT2D eigenvalue weighted by molar-refractivity contribution is 0.382. The summed E-state index contributed by atoms with van der Waals surface area (Å²) >= 11 is 0. The van der Waals surface area contributed by atoms with Crippen LogP contribution in [0.2, 0.25) is 0 Å². The van der Waals surface area contributed by atoms with Crippen LogP contribution in [0.25, 0.3) is 0 Å². The van der Waals surface area contributed by atoms with Gasteiger partial charge in [-0.25, -0.2) is 0 Å². The minimum Gasteiger partial charge on any atom is -0.330 e. The molecule has 2 heteroatoms. The first-order chi connectivity index (χ1) is 4.93. The van der Waals surface area contributed by atoms with Gasteiger partial charge in [0.25, 0.3) is 0 Å². The van der Waals surface area contributed by atoms with Crippen LogP contribution in [0.15, 0.2) is 0 Å². The molecule has 0 aliphatic carbocycles. The summed E-state index contributed by atoms with van der Waals surface area (Å²) in [7, 11) is 0. The van der Waals surface area contributed by atoms with E-state index in [2.05, 4.69) is 5.32 Å². The Morgan fingerprint density at radius 3 is 2.20 bits per heavy atom. The third-order valence-corrected chi connectivity index (χ3v) is 1.79. The molecule has 0 radical (unpaired) electrons. The van der Waals surface area contributed by atoms with Gasteiger partial charge in [0.2, 0.25) is 0 Å². The molecule has 0 spiro atoms. The zero-order valence-corrected chi connectivity index (χ0v) is 7.19. The molecule has 10 heavy (non-hydrogen) atoms. The van der Waals surface area contributed by atoms with Crippen LogP contribution in [0.5, 0.6) is 0 Å². The Labute approximate surface area is 67.2 Å². The first-order valence-corrected chi connectivity index (χ1v) is 4.34. The average Bonchev–Trinajstić information content (AvgIpc) is 2.10. The Morgan fingerprint density at radius 2 is 1.90 bits per heavy atom. The zero-order chi connectivity index (χ0) is 7.82. The summed E-state index contributed by atoms with van der Waals surface area (Å²) in [6.45, 7) is 7.21. The molecular formula is C8H24N2. The SMILES string of the molecule is CC.NCC1CCNCC1.[HH].[HH]. The molecule has 0 saturated carbocycles. The zero-order valence-electron chi connectivity index (χ0n) is 7.19. The molecule has 2 nitrogen and oxygen atoms in total. The van der Waals surface area contributed by atoms with Gasteiger partial charge in [-0.15, -0.1) is 0 Å². The van der Waals surface area contributed by atoms with Crippen molar-refractivity contribution in [2.24, 2.45) is 11.7 Å². The van der Waals surface area contributed by atoms with Gasteiger partial charge in [-0.1, -0.05) is 13.8 Å². The van der Waals surface area contributed by atoms with Crippen molar-refractivity contribution in [3.8, 4) is 0 Å². The maximum absolute atomic E-state index is 5.48. The number of rotatable bonds is 1. The van der Waals surface area contributed by atoms with Crippen molar-refractivity contribution in [3.63, 3.8) is 0 Å². The fraction of sp³-hybridized carbons (Fsp3) is 1.00. The van der Waals surface area contributed by atoms with Gasteiger partial charge in [-0.3, -0.25) is 0 Å². The number of hydrogen-bond donors (Lipinski definition) is 2. The molecule has 0 aromatic carbocycles. The lowest BCUT2D eigenvalue weighted by atomic mass is 9.99. The normalized spacial score (nSPS) is 19.5. The highest BCUT2D eigenvalue weighted by Gasteiger charge is 2.09. The Balaban J connectivity index is -0.000000189. The van der Waals surface area contributed by atoms with Crippen LogP contribution in [0, 0.1) is 5.92 Å². The number of hydrogen-bond acceptors (Lipinski definition) is 2. The molecule has 1 aliphatic heterocycles. The largest absolute Gasteiger partial charge is 0.330 e. The fourth-order valence-electron chi connectivity index (χ4n) is 1.12. The Morgan fingerprint density at radius 1 is 1.40 bits per heavy atom. The first kappa shape index (κ1) is 9.92. The Kier molecular flexibility index (Phi) is 6.98. The van der Waals surface area contributed by atoms with Crippen molar-refractivity contribution >= 4 is 0 Å². The van der Waals surface area contributed by atoms with E-state index in [1.54, 1.807) is 0 Å². The van der Waals surface area contributed by atoms with Crippen molar-refractivity contribution in [2.45, 2.75) is 26.7 Å². The van der Waals surface area contributed by atoms with E-state index >= 15 is 0 Å². The van der Waals surface area contributed by atoms with Crippen LogP contribution in [0.1, 0.15) is 29.5 Å². The smallest absolute Gasteiger partial charge is 0 e. The molecule has 0 atom stereocenters. The highest BCUT2D eigenvalue weighted by atomic mass is 14.9. The minimum absolute atomic E-state index is 0. The van der Waals surface area contributed by atoms with Crippen LogP contribution in [-0.2, 0) is 0 Å². The van der Waals surface area contributed by atoms with Gasteiger partial charge >= 0.3 is 0 Å². The Hall–Kier alpha value is -0.0800. The van der Waals surface area contributed by atoms with E-state index in [9.17, 15) is 0 Å². The van der Waals surface area contributed by atoms with Crippen LogP contribution in [-0.4, -0.2) is 19.6 Å². The molecule has 66 valence electrons. The molecule has 0 bridgehead atoms. The second-order valence-corrected chi connectivity index (χ2v) is 2.43. The van der Waals surface area contributed by atoms with Gasteiger partial charge < -0.3 is 11.1 Å². The van der Waals surface area contributed by atoms with Gasteiger partial charge in [0, 0.05) is 2.85 Å². The third kappa shape index (κ3) is 3.85. The van der Waals surface area contributed by atoms with Crippen molar-refractivity contribution < 1.29 is 2.85 Å². The van der Waals surface area contributed by atoms with E-state index in [-0.39, 0.29) is 2.85 Å². The molecule has 1 saturated heterocycles. The van der Waals surface area contributed by atoms with E-state index in [1.165, 1.54) is 25.9 Å².